The van der Waals surface area contributed by atoms with E-state index in [0.29, 0.717) is 5.75 Å². The molecule has 0 radical (unpaired) electrons. The van der Waals surface area contributed by atoms with Gasteiger partial charge in [0.1, 0.15) is 5.75 Å². The number of nitrogens with zero attached hydrogens (tertiary/aromatic N) is 1. The second kappa shape index (κ2) is 7.06. The normalized spacial score (nSPS) is 10.6. The molecule has 0 saturated heterocycles. The molecule has 2 rings (SSSR count). The number of amides is 1. The Balaban J connectivity index is 1.74. The van der Waals surface area contributed by atoms with Gasteiger partial charge in [-0.25, -0.2) is 5.43 Å². The quantitative estimate of drug-likeness (QED) is 0.672. The number of rotatable bonds is 5. The monoisotopic (exact) mass is 338 g/mol. The summed E-state index contributed by atoms with van der Waals surface area (Å²) in [6.45, 7) is -0.0600. The van der Waals surface area contributed by atoms with Crippen LogP contribution >= 0.6 is 27.3 Å². The second-order valence-electron chi connectivity index (χ2n) is 3.54. The van der Waals surface area contributed by atoms with Gasteiger partial charge in [0, 0.05) is 4.88 Å². The number of hydrogen-bond acceptors (Lipinski definition) is 4. The number of hydrogen-bond donors (Lipinski definition) is 1. The molecule has 98 valence electrons. The summed E-state index contributed by atoms with van der Waals surface area (Å²) < 4.78 is 6.30. The minimum atomic E-state index is -0.296. The van der Waals surface area contributed by atoms with Crippen molar-refractivity contribution in [3.05, 3.63) is 51.1 Å². The van der Waals surface area contributed by atoms with Crippen LogP contribution in [0, 0.1) is 0 Å². The average Bonchev–Trinajstić information content (AvgIpc) is 2.83. The molecule has 0 atom stereocenters. The average molecular weight is 339 g/mol. The molecule has 1 heterocycles. The number of carbonyl (C=O) groups is 1. The first-order valence-electron chi connectivity index (χ1n) is 5.49. The van der Waals surface area contributed by atoms with Gasteiger partial charge in [0.05, 0.1) is 10.0 Å². The molecule has 1 aromatic carbocycles. The van der Waals surface area contributed by atoms with Crippen molar-refractivity contribution >= 4 is 39.4 Å². The SMILES string of the molecule is O=C(COc1ccccc1)N/N=C\c1ccc(Br)s1. The van der Waals surface area contributed by atoms with Crippen LogP contribution in [0.4, 0.5) is 0 Å². The van der Waals surface area contributed by atoms with E-state index in [-0.39, 0.29) is 12.5 Å². The molecule has 0 fully saturated rings. The summed E-state index contributed by atoms with van der Waals surface area (Å²) in [4.78, 5) is 12.4. The third-order valence-corrected chi connectivity index (χ3v) is 3.65. The van der Waals surface area contributed by atoms with Crippen LogP contribution in [0.3, 0.4) is 0 Å². The Bertz CT molecular complexity index is 569. The first kappa shape index (κ1) is 13.8. The van der Waals surface area contributed by atoms with Crippen LogP contribution in [-0.2, 0) is 4.79 Å². The van der Waals surface area contributed by atoms with E-state index in [1.54, 1.807) is 18.3 Å². The molecule has 19 heavy (non-hydrogen) atoms. The van der Waals surface area contributed by atoms with Gasteiger partial charge >= 0.3 is 0 Å². The van der Waals surface area contributed by atoms with Crippen molar-refractivity contribution in [2.75, 3.05) is 6.61 Å². The number of ether oxygens (including phenoxy) is 1. The lowest BCUT2D eigenvalue weighted by Gasteiger charge is -2.03. The standard InChI is InChI=1S/C13H11BrN2O2S/c14-12-7-6-11(19-12)8-15-16-13(17)9-18-10-4-2-1-3-5-10/h1-8H,9H2,(H,16,17)/b15-8-. The molecule has 1 N–H and O–H groups in total. The van der Waals surface area contributed by atoms with Gasteiger partial charge in [0.2, 0.25) is 0 Å². The van der Waals surface area contributed by atoms with Crippen molar-refractivity contribution in [2.45, 2.75) is 0 Å². The lowest BCUT2D eigenvalue weighted by atomic mass is 10.3. The highest BCUT2D eigenvalue weighted by molar-refractivity contribution is 9.11. The van der Waals surface area contributed by atoms with Crippen LogP contribution in [0.15, 0.2) is 51.4 Å². The molecule has 6 heteroatoms. The molecule has 0 spiro atoms. The maximum Gasteiger partial charge on any atom is 0.277 e. The maximum absolute atomic E-state index is 11.5. The smallest absolute Gasteiger partial charge is 0.277 e. The van der Waals surface area contributed by atoms with Gasteiger partial charge in [0.25, 0.3) is 5.91 Å². The van der Waals surface area contributed by atoms with Crippen molar-refractivity contribution in [1.82, 2.24) is 5.43 Å². The van der Waals surface area contributed by atoms with Gasteiger partial charge in [0.15, 0.2) is 6.61 Å². The second-order valence-corrected chi connectivity index (χ2v) is 6.03. The van der Waals surface area contributed by atoms with Gasteiger partial charge in [-0.3, -0.25) is 4.79 Å². The minimum absolute atomic E-state index is 0.0600. The lowest BCUT2D eigenvalue weighted by Crippen LogP contribution is -2.24. The van der Waals surface area contributed by atoms with Crippen LogP contribution in [0.5, 0.6) is 5.75 Å². The van der Waals surface area contributed by atoms with E-state index in [1.807, 2.05) is 30.3 Å². The molecule has 0 aliphatic rings. The number of benzene rings is 1. The van der Waals surface area contributed by atoms with Crippen molar-refractivity contribution in [3.8, 4) is 5.75 Å². The molecule has 0 saturated carbocycles. The van der Waals surface area contributed by atoms with E-state index >= 15 is 0 Å². The van der Waals surface area contributed by atoms with Gasteiger partial charge in [-0.15, -0.1) is 11.3 Å². The van der Waals surface area contributed by atoms with Gasteiger partial charge in [-0.2, -0.15) is 5.10 Å². The molecular formula is C13H11BrN2O2S. The minimum Gasteiger partial charge on any atom is -0.484 e. The predicted molar refractivity (Wildman–Crippen MR) is 79.7 cm³/mol. The number of hydrazone groups is 1. The Morgan fingerprint density at radius 3 is 2.79 bits per heavy atom. The highest BCUT2D eigenvalue weighted by Gasteiger charge is 2.00. The lowest BCUT2D eigenvalue weighted by molar-refractivity contribution is -0.123. The largest absolute Gasteiger partial charge is 0.484 e. The Hall–Kier alpha value is -1.66. The highest BCUT2D eigenvalue weighted by atomic mass is 79.9. The van der Waals surface area contributed by atoms with Crippen LogP contribution < -0.4 is 10.2 Å². The summed E-state index contributed by atoms with van der Waals surface area (Å²) in [7, 11) is 0. The third-order valence-electron chi connectivity index (χ3n) is 2.09. The van der Waals surface area contributed by atoms with Crippen molar-refractivity contribution < 1.29 is 9.53 Å². The van der Waals surface area contributed by atoms with Gasteiger partial charge in [-0.05, 0) is 40.2 Å². The van der Waals surface area contributed by atoms with Crippen molar-refractivity contribution in [1.29, 1.82) is 0 Å². The third kappa shape index (κ3) is 4.84. The molecule has 1 amide bonds. The summed E-state index contributed by atoms with van der Waals surface area (Å²) >= 11 is 4.89. The van der Waals surface area contributed by atoms with Crippen LogP contribution in [0.2, 0.25) is 0 Å². The van der Waals surface area contributed by atoms with Crippen LogP contribution in [0.25, 0.3) is 0 Å². The summed E-state index contributed by atoms with van der Waals surface area (Å²) in [5, 5.41) is 3.85. The van der Waals surface area contributed by atoms with E-state index in [1.165, 1.54) is 11.3 Å². The predicted octanol–water partition coefficient (Wildman–Crippen LogP) is 3.04. The summed E-state index contributed by atoms with van der Waals surface area (Å²) in [6.07, 6.45) is 1.59. The highest BCUT2D eigenvalue weighted by Crippen LogP contribution is 2.20. The van der Waals surface area contributed by atoms with Gasteiger partial charge < -0.3 is 4.74 Å². The van der Waals surface area contributed by atoms with Gasteiger partial charge in [-0.1, -0.05) is 18.2 Å². The molecular weight excluding hydrogens is 328 g/mol. The summed E-state index contributed by atoms with van der Waals surface area (Å²) in [5.41, 5.74) is 2.41. The molecule has 0 bridgehead atoms. The summed E-state index contributed by atoms with van der Waals surface area (Å²) in [6, 6.07) is 13.0. The Labute approximate surface area is 123 Å². The zero-order valence-electron chi connectivity index (χ0n) is 9.88. The van der Waals surface area contributed by atoms with E-state index in [9.17, 15) is 4.79 Å². The number of para-hydroxylation sites is 1. The van der Waals surface area contributed by atoms with Crippen LogP contribution in [0.1, 0.15) is 4.88 Å². The zero-order chi connectivity index (χ0) is 13.5. The number of carbonyl (C=O) groups excluding carboxylic acids is 1. The molecule has 4 nitrogen and oxygen atoms in total. The molecule has 0 aliphatic heterocycles. The fraction of sp³-hybridized carbons (Fsp3) is 0.0769. The fourth-order valence-electron chi connectivity index (χ4n) is 1.26. The Morgan fingerprint density at radius 1 is 1.32 bits per heavy atom. The van der Waals surface area contributed by atoms with Crippen molar-refractivity contribution in [2.24, 2.45) is 5.10 Å². The molecule has 0 unspecified atom stereocenters. The topological polar surface area (TPSA) is 50.7 Å². The zero-order valence-corrected chi connectivity index (χ0v) is 12.3. The number of halogens is 1. The number of nitrogens with one attached hydrogen (secondary N) is 1. The Morgan fingerprint density at radius 2 is 2.11 bits per heavy atom. The first-order valence-corrected chi connectivity index (χ1v) is 7.10. The molecule has 1 aromatic heterocycles. The fourth-order valence-corrected chi connectivity index (χ4v) is 2.56. The van der Waals surface area contributed by atoms with Crippen LogP contribution in [-0.4, -0.2) is 18.7 Å². The molecule has 2 aromatic rings. The maximum atomic E-state index is 11.5. The van der Waals surface area contributed by atoms with E-state index in [0.717, 1.165) is 8.66 Å². The molecule has 0 aliphatic carbocycles. The van der Waals surface area contributed by atoms with E-state index < -0.39 is 0 Å². The Kier molecular flexibility index (Phi) is 5.11. The van der Waals surface area contributed by atoms with E-state index in [4.69, 9.17) is 4.74 Å². The first-order chi connectivity index (χ1) is 9.24. The summed E-state index contributed by atoms with van der Waals surface area (Å²) in [5.74, 6) is 0.361. The number of thiophene rings is 1. The van der Waals surface area contributed by atoms with Crippen molar-refractivity contribution in [3.63, 3.8) is 0 Å². The van der Waals surface area contributed by atoms with E-state index in [2.05, 4.69) is 26.5 Å².